The number of halogens is 3. The van der Waals surface area contributed by atoms with Gasteiger partial charge in [0.15, 0.2) is 17.5 Å². The predicted molar refractivity (Wildman–Crippen MR) is 95.4 cm³/mol. The topological polar surface area (TPSA) is 64.9 Å². The van der Waals surface area contributed by atoms with Crippen LogP contribution in [0.25, 0.3) is 11.5 Å². The van der Waals surface area contributed by atoms with E-state index in [1.165, 1.54) is 11.9 Å². The standard InChI is InChI=1S/C19H16F3N3OS/c1-19(2)14(9-3-5-10(27-23)6-4-9)15(19)17-24-18(26-25-17)13-11(20)7-8-12(21)16(13)22/h3-8,14-15H,23H2,1-2H3/t14-,15?/m0/s1. The highest BCUT2D eigenvalue weighted by Crippen LogP contribution is 2.69. The molecule has 1 aromatic heterocycles. The number of nitrogens with zero attached hydrogens (tertiary/aromatic N) is 2. The molecule has 0 aliphatic heterocycles. The lowest BCUT2D eigenvalue weighted by Crippen LogP contribution is -1.95. The van der Waals surface area contributed by atoms with E-state index < -0.39 is 23.0 Å². The summed E-state index contributed by atoms with van der Waals surface area (Å²) >= 11 is 1.17. The Kier molecular flexibility index (Phi) is 4.27. The molecule has 4 rings (SSSR count). The first-order valence-corrected chi connectivity index (χ1v) is 9.16. The molecular weight excluding hydrogens is 375 g/mol. The highest BCUT2D eigenvalue weighted by Gasteiger charge is 2.61. The summed E-state index contributed by atoms with van der Waals surface area (Å²) in [6, 6.07) is 9.41. The molecule has 2 atom stereocenters. The minimum absolute atomic E-state index is 0.0777. The third kappa shape index (κ3) is 2.93. The van der Waals surface area contributed by atoms with Crippen LogP contribution < -0.4 is 5.14 Å². The molecule has 1 unspecified atom stereocenters. The van der Waals surface area contributed by atoms with Crippen LogP contribution >= 0.6 is 11.9 Å². The van der Waals surface area contributed by atoms with E-state index in [0.29, 0.717) is 5.82 Å². The second kappa shape index (κ2) is 6.38. The van der Waals surface area contributed by atoms with Gasteiger partial charge in [0.1, 0.15) is 11.4 Å². The molecule has 0 saturated heterocycles. The molecule has 1 saturated carbocycles. The molecule has 8 heteroatoms. The van der Waals surface area contributed by atoms with Gasteiger partial charge in [-0.2, -0.15) is 4.98 Å². The fraction of sp³-hybridized carbons (Fsp3) is 0.263. The van der Waals surface area contributed by atoms with E-state index in [1.807, 2.05) is 24.3 Å². The molecule has 1 fully saturated rings. The molecule has 0 radical (unpaired) electrons. The van der Waals surface area contributed by atoms with E-state index in [1.54, 1.807) is 0 Å². The van der Waals surface area contributed by atoms with Gasteiger partial charge in [0.2, 0.25) is 0 Å². The Morgan fingerprint density at radius 2 is 1.67 bits per heavy atom. The summed E-state index contributed by atoms with van der Waals surface area (Å²) in [5, 5.41) is 9.46. The predicted octanol–water partition coefficient (Wildman–Crippen LogP) is 5.03. The van der Waals surface area contributed by atoms with Crippen LogP contribution in [-0.4, -0.2) is 10.1 Å². The third-order valence-electron chi connectivity index (χ3n) is 5.18. The van der Waals surface area contributed by atoms with Gasteiger partial charge in [-0.05, 0) is 47.2 Å². The molecule has 0 spiro atoms. The molecule has 2 N–H and O–H groups in total. The number of nitrogens with two attached hydrogens (primary N) is 1. The molecule has 4 nitrogen and oxygen atoms in total. The zero-order valence-corrected chi connectivity index (χ0v) is 15.4. The number of rotatable bonds is 4. The molecule has 1 heterocycles. The average molecular weight is 391 g/mol. The quantitative estimate of drug-likeness (QED) is 0.499. The van der Waals surface area contributed by atoms with Crippen LogP contribution in [0.1, 0.15) is 37.1 Å². The van der Waals surface area contributed by atoms with Gasteiger partial charge in [0, 0.05) is 16.7 Å². The smallest absolute Gasteiger partial charge is 0.264 e. The van der Waals surface area contributed by atoms with Crippen LogP contribution in [0.2, 0.25) is 0 Å². The minimum atomic E-state index is -1.34. The molecule has 1 aliphatic carbocycles. The molecule has 0 amide bonds. The lowest BCUT2D eigenvalue weighted by molar-refractivity contribution is 0.411. The lowest BCUT2D eigenvalue weighted by atomic mass is 10.0. The van der Waals surface area contributed by atoms with Crippen molar-refractivity contribution in [3.05, 3.63) is 65.2 Å². The Morgan fingerprint density at radius 1 is 1.00 bits per heavy atom. The molecule has 3 aromatic rings. The summed E-state index contributed by atoms with van der Waals surface area (Å²) in [5.41, 5.74) is 0.294. The Morgan fingerprint density at radius 3 is 2.33 bits per heavy atom. The van der Waals surface area contributed by atoms with Crippen LogP contribution in [-0.2, 0) is 0 Å². The summed E-state index contributed by atoms with van der Waals surface area (Å²) in [5.74, 6) is -3.44. The second-order valence-electron chi connectivity index (χ2n) is 7.14. The van der Waals surface area contributed by atoms with Gasteiger partial charge in [0.25, 0.3) is 5.89 Å². The van der Waals surface area contributed by atoms with Crippen LogP contribution in [0.15, 0.2) is 45.8 Å². The first-order chi connectivity index (χ1) is 12.8. The molecule has 1 aliphatic rings. The second-order valence-corrected chi connectivity index (χ2v) is 7.85. The van der Waals surface area contributed by atoms with Crippen LogP contribution in [0.4, 0.5) is 13.2 Å². The minimum Gasteiger partial charge on any atom is -0.334 e. The molecule has 2 aromatic carbocycles. The summed E-state index contributed by atoms with van der Waals surface area (Å²) in [6.07, 6.45) is 0. The lowest BCUT2D eigenvalue weighted by Gasteiger charge is -2.03. The Balaban J connectivity index is 1.67. The fourth-order valence-corrected chi connectivity index (χ4v) is 3.97. The van der Waals surface area contributed by atoms with E-state index >= 15 is 0 Å². The van der Waals surface area contributed by atoms with Crippen LogP contribution in [0.5, 0.6) is 0 Å². The van der Waals surface area contributed by atoms with E-state index in [0.717, 1.165) is 22.6 Å². The summed E-state index contributed by atoms with van der Waals surface area (Å²) < 4.78 is 46.4. The van der Waals surface area contributed by atoms with Crippen LogP contribution in [0.3, 0.4) is 0 Å². The maximum Gasteiger partial charge on any atom is 0.264 e. The monoisotopic (exact) mass is 391 g/mol. The fourth-order valence-electron chi connectivity index (χ4n) is 3.68. The van der Waals surface area contributed by atoms with Gasteiger partial charge in [-0.15, -0.1) is 0 Å². The van der Waals surface area contributed by atoms with Crippen molar-refractivity contribution in [1.29, 1.82) is 0 Å². The van der Waals surface area contributed by atoms with Crippen molar-refractivity contribution in [2.24, 2.45) is 10.6 Å². The maximum absolute atomic E-state index is 14.0. The Hall–Kier alpha value is -2.32. The van der Waals surface area contributed by atoms with Crippen molar-refractivity contribution >= 4 is 11.9 Å². The summed E-state index contributed by atoms with van der Waals surface area (Å²) in [4.78, 5) is 5.11. The van der Waals surface area contributed by atoms with Gasteiger partial charge in [-0.1, -0.05) is 31.1 Å². The highest BCUT2D eigenvalue weighted by atomic mass is 32.2. The van der Waals surface area contributed by atoms with Crippen LogP contribution in [0, 0.1) is 22.9 Å². The molecular formula is C19H16F3N3OS. The zero-order valence-electron chi connectivity index (χ0n) is 14.5. The first-order valence-electron chi connectivity index (χ1n) is 8.28. The molecule has 0 bridgehead atoms. The maximum atomic E-state index is 14.0. The van der Waals surface area contributed by atoms with Gasteiger partial charge in [0.05, 0.1) is 0 Å². The van der Waals surface area contributed by atoms with Gasteiger partial charge < -0.3 is 4.52 Å². The SMILES string of the molecule is CC1(C)C(c2noc(-c3c(F)ccc(F)c3F)n2)[C@@H]1c1ccc(SN)cc1. The first kappa shape index (κ1) is 18.1. The normalized spacial score (nSPS) is 20.7. The van der Waals surface area contributed by atoms with Crippen molar-refractivity contribution in [2.75, 3.05) is 0 Å². The zero-order chi connectivity index (χ0) is 19.3. The molecule has 140 valence electrons. The van der Waals surface area contributed by atoms with Crippen molar-refractivity contribution in [1.82, 2.24) is 10.1 Å². The van der Waals surface area contributed by atoms with Crippen molar-refractivity contribution in [3.63, 3.8) is 0 Å². The number of aromatic nitrogens is 2. The van der Waals surface area contributed by atoms with Gasteiger partial charge in [-0.3, -0.25) is 5.14 Å². The van der Waals surface area contributed by atoms with Crippen molar-refractivity contribution in [3.8, 4) is 11.5 Å². The summed E-state index contributed by atoms with van der Waals surface area (Å²) in [6.45, 7) is 4.13. The third-order valence-corrected chi connectivity index (χ3v) is 5.72. The number of benzene rings is 2. The van der Waals surface area contributed by atoms with E-state index in [-0.39, 0.29) is 23.1 Å². The van der Waals surface area contributed by atoms with E-state index in [9.17, 15) is 13.2 Å². The van der Waals surface area contributed by atoms with Gasteiger partial charge in [-0.25, -0.2) is 13.2 Å². The summed E-state index contributed by atoms with van der Waals surface area (Å²) in [7, 11) is 0. The Labute approximate surface area is 158 Å². The highest BCUT2D eigenvalue weighted by molar-refractivity contribution is 7.97. The van der Waals surface area contributed by atoms with Crippen molar-refractivity contribution < 1.29 is 17.7 Å². The van der Waals surface area contributed by atoms with E-state index in [4.69, 9.17) is 9.66 Å². The van der Waals surface area contributed by atoms with E-state index in [2.05, 4.69) is 24.0 Å². The largest absolute Gasteiger partial charge is 0.334 e. The number of hydrogen-bond acceptors (Lipinski definition) is 5. The molecule has 27 heavy (non-hydrogen) atoms. The van der Waals surface area contributed by atoms with Crippen molar-refractivity contribution in [2.45, 2.75) is 30.6 Å². The Bertz CT molecular complexity index is 1000. The average Bonchev–Trinajstić information content (AvgIpc) is 2.99. The van der Waals surface area contributed by atoms with Gasteiger partial charge >= 0.3 is 0 Å². The number of hydrogen-bond donors (Lipinski definition) is 1.